The van der Waals surface area contributed by atoms with Gasteiger partial charge in [-0.2, -0.15) is 5.10 Å². The maximum atomic E-state index is 11.8. The van der Waals surface area contributed by atoms with Crippen molar-refractivity contribution in [2.24, 2.45) is 5.10 Å². The van der Waals surface area contributed by atoms with Gasteiger partial charge >= 0.3 is 0 Å². The molecule has 0 bridgehead atoms. The van der Waals surface area contributed by atoms with E-state index < -0.39 is 6.10 Å². The molecule has 1 heterocycles. The number of fused-ring (bicyclic) bond motifs is 1. The van der Waals surface area contributed by atoms with Gasteiger partial charge in [-0.1, -0.05) is 30.3 Å². The first kappa shape index (κ1) is 16.0. The molecule has 1 amide bonds. The fourth-order valence-electron chi connectivity index (χ4n) is 2.34. The molecular weight excluding hydrogens is 308 g/mol. The molecule has 0 aromatic heterocycles. The molecule has 0 aliphatic carbocycles. The first-order chi connectivity index (χ1) is 11.7. The quantitative estimate of drug-likeness (QED) is 0.631. The maximum absolute atomic E-state index is 11.8. The molecule has 0 unspecified atom stereocenters. The molecule has 0 fully saturated rings. The van der Waals surface area contributed by atoms with Crippen LogP contribution in [0.5, 0.6) is 11.5 Å². The molecular formula is C18H18N2O4. The lowest BCUT2D eigenvalue weighted by Gasteiger charge is -2.09. The van der Waals surface area contributed by atoms with Gasteiger partial charge in [-0.15, -0.1) is 0 Å². The maximum Gasteiger partial charge on any atom is 0.240 e. The summed E-state index contributed by atoms with van der Waals surface area (Å²) in [5, 5.41) is 13.9. The first-order valence-electron chi connectivity index (χ1n) is 7.67. The molecule has 0 saturated carbocycles. The van der Waals surface area contributed by atoms with E-state index in [0.717, 1.165) is 11.1 Å². The highest BCUT2D eigenvalue weighted by Crippen LogP contribution is 2.31. The van der Waals surface area contributed by atoms with Crippen molar-refractivity contribution in [3.05, 3.63) is 59.7 Å². The molecule has 2 aromatic carbocycles. The fraction of sp³-hybridized carbons (Fsp3) is 0.222. The van der Waals surface area contributed by atoms with Crippen LogP contribution in [0.15, 0.2) is 53.6 Å². The lowest BCUT2D eigenvalue weighted by molar-refractivity contribution is -0.121. The Labute approximate surface area is 139 Å². The van der Waals surface area contributed by atoms with Gasteiger partial charge in [-0.05, 0) is 35.7 Å². The number of rotatable bonds is 6. The van der Waals surface area contributed by atoms with E-state index in [4.69, 9.17) is 9.47 Å². The number of hydrazone groups is 1. The summed E-state index contributed by atoms with van der Waals surface area (Å²) in [4.78, 5) is 11.8. The van der Waals surface area contributed by atoms with Gasteiger partial charge in [0.2, 0.25) is 12.7 Å². The Kier molecular flexibility index (Phi) is 5.08. The first-order valence-corrected chi connectivity index (χ1v) is 7.67. The number of nitrogens with zero attached hydrogens (tertiary/aromatic N) is 1. The molecule has 24 heavy (non-hydrogen) atoms. The van der Waals surface area contributed by atoms with E-state index >= 15 is 0 Å². The van der Waals surface area contributed by atoms with Gasteiger partial charge in [0.15, 0.2) is 11.5 Å². The van der Waals surface area contributed by atoms with Crippen LogP contribution in [0.3, 0.4) is 0 Å². The minimum absolute atomic E-state index is 0.189. The number of carbonyl (C=O) groups excluding carboxylic acids is 1. The van der Waals surface area contributed by atoms with Crippen LogP contribution in [0.1, 0.15) is 30.1 Å². The molecule has 6 nitrogen and oxygen atoms in total. The summed E-state index contributed by atoms with van der Waals surface area (Å²) in [6.07, 6.45) is 1.41. The zero-order chi connectivity index (χ0) is 16.8. The second kappa shape index (κ2) is 7.61. The number of ether oxygens (including phenoxy) is 2. The van der Waals surface area contributed by atoms with Crippen molar-refractivity contribution in [2.75, 3.05) is 6.79 Å². The minimum atomic E-state index is -0.658. The van der Waals surface area contributed by atoms with E-state index in [1.807, 2.05) is 36.4 Å². The van der Waals surface area contributed by atoms with Crippen LogP contribution in [0.2, 0.25) is 0 Å². The van der Waals surface area contributed by atoms with Crippen LogP contribution < -0.4 is 14.9 Å². The van der Waals surface area contributed by atoms with Crippen molar-refractivity contribution in [3.63, 3.8) is 0 Å². The van der Waals surface area contributed by atoms with E-state index in [-0.39, 0.29) is 19.1 Å². The number of hydrogen-bond donors (Lipinski definition) is 2. The molecule has 2 N–H and O–H groups in total. The molecule has 0 spiro atoms. The summed E-state index contributed by atoms with van der Waals surface area (Å²) < 4.78 is 10.5. The van der Waals surface area contributed by atoms with Crippen LogP contribution in [-0.4, -0.2) is 24.0 Å². The SMILES string of the molecule is O=C(CC[C@H](O)c1ccccc1)N/N=C\c1ccc2c(c1)OCO2. The molecule has 0 saturated heterocycles. The fourth-order valence-corrected chi connectivity index (χ4v) is 2.34. The number of amides is 1. The average Bonchev–Trinajstić information content (AvgIpc) is 3.08. The van der Waals surface area contributed by atoms with Gasteiger partial charge in [-0.3, -0.25) is 4.79 Å². The lowest BCUT2D eigenvalue weighted by Crippen LogP contribution is -2.18. The Bertz CT molecular complexity index is 731. The molecule has 0 radical (unpaired) electrons. The average molecular weight is 326 g/mol. The van der Waals surface area contributed by atoms with E-state index in [0.29, 0.717) is 17.9 Å². The Morgan fingerprint density at radius 2 is 2.00 bits per heavy atom. The van der Waals surface area contributed by atoms with Gasteiger partial charge in [0.05, 0.1) is 12.3 Å². The van der Waals surface area contributed by atoms with Gasteiger partial charge in [0.25, 0.3) is 0 Å². The number of aliphatic hydroxyl groups is 1. The van der Waals surface area contributed by atoms with Gasteiger partial charge in [0, 0.05) is 6.42 Å². The smallest absolute Gasteiger partial charge is 0.240 e. The van der Waals surface area contributed by atoms with Crippen LogP contribution >= 0.6 is 0 Å². The Hall–Kier alpha value is -2.86. The molecule has 124 valence electrons. The third-order valence-electron chi connectivity index (χ3n) is 3.63. The topological polar surface area (TPSA) is 80.2 Å². The molecule has 1 atom stereocenters. The van der Waals surface area contributed by atoms with Crippen molar-refractivity contribution in [1.29, 1.82) is 0 Å². The molecule has 6 heteroatoms. The predicted molar refractivity (Wildman–Crippen MR) is 88.9 cm³/mol. The zero-order valence-electron chi connectivity index (χ0n) is 13.0. The van der Waals surface area contributed by atoms with Crippen LogP contribution in [0.4, 0.5) is 0 Å². The standard InChI is InChI=1S/C18H18N2O4/c21-15(14-4-2-1-3-5-14)7-9-18(22)20-19-11-13-6-8-16-17(10-13)24-12-23-16/h1-6,8,10-11,15,21H,7,9,12H2,(H,20,22)/b19-11-/t15-/m0/s1. The zero-order valence-corrected chi connectivity index (χ0v) is 13.0. The van der Waals surface area contributed by atoms with Crippen LogP contribution in [0, 0.1) is 0 Å². The summed E-state index contributed by atoms with van der Waals surface area (Å²) in [7, 11) is 0. The molecule has 1 aliphatic heterocycles. The van der Waals surface area contributed by atoms with Crippen LogP contribution in [-0.2, 0) is 4.79 Å². The second-order valence-corrected chi connectivity index (χ2v) is 5.37. The van der Waals surface area contributed by atoms with Crippen molar-refractivity contribution in [2.45, 2.75) is 18.9 Å². The summed E-state index contributed by atoms with van der Waals surface area (Å²) in [6.45, 7) is 0.219. The monoisotopic (exact) mass is 326 g/mol. The van der Waals surface area contributed by atoms with E-state index in [1.165, 1.54) is 6.21 Å². The lowest BCUT2D eigenvalue weighted by atomic mass is 10.1. The Balaban J connectivity index is 1.45. The number of benzene rings is 2. The van der Waals surface area contributed by atoms with Gasteiger partial charge < -0.3 is 14.6 Å². The molecule has 2 aromatic rings. The van der Waals surface area contributed by atoms with Crippen LogP contribution in [0.25, 0.3) is 0 Å². The minimum Gasteiger partial charge on any atom is -0.454 e. The van der Waals surface area contributed by atoms with Gasteiger partial charge in [-0.25, -0.2) is 5.43 Å². The third kappa shape index (κ3) is 4.11. The van der Waals surface area contributed by atoms with E-state index in [1.54, 1.807) is 12.1 Å². The third-order valence-corrected chi connectivity index (χ3v) is 3.63. The van der Waals surface area contributed by atoms with Crippen molar-refractivity contribution in [3.8, 4) is 11.5 Å². The highest BCUT2D eigenvalue weighted by atomic mass is 16.7. The summed E-state index contributed by atoms with van der Waals surface area (Å²) >= 11 is 0. The number of hydrogen-bond acceptors (Lipinski definition) is 5. The Morgan fingerprint density at radius 1 is 1.21 bits per heavy atom. The van der Waals surface area contributed by atoms with Crippen molar-refractivity contribution >= 4 is 12.1 Å². The number of nitrogens with one attached hydrogen (secondary N) is 1. The van der Waals surface area contributed by atoms with Crippen molar-refractivity contribution < 1.29 is 19.4 Å². The normalized spacial score (nSPS) is 13.9. The van der Waals surface area contributed by atoms with Crippen molar-refractivity contribution in [1.82, 2.24) is 5.43 Å². The largest absolute Gasteiger partial charge is 0.454 e. The number of carbonyl (C=O) groups is 1. The Morgan fingerprint density at radius 3 is 2.83 bits per heavy atom. The van der Waals surface area contributed by atoms with E-state index in [2.05, 4.69) is 10.5 Å². The molecule has 3 rings (SSSR count). The highest BCUT2D eigenvalue weighted by Gasteiger charge is 2.12. The molecule has 1 aliphatic rings. The van der Waals surface area contributed by atoms with Gasteiger partial charge in [0.1, 0.15) is 0 Å². The number of aliphatic hydroxyl groups excluding tert-OH is 1. The highest BCUT2D eigenvalue weighted by molar-refractivity contribution is 5.83. The summed E-state index contributed by atoms with van der Waals surface area (Å²) in [6, 6.07) is 14.7. The predicted octanol–water partition coefficient (Wildman–Crippen LogP) is 2.38. The summed E-state index contributed by atoms with van der Waals surface area (Å²) in [5.74, 6) is 1.12. The second-order valence-electron chi connectivity index (χ2n) is 5.37. The summed E-state index contributed by atoms with van der Waals surface area (Å²) in [5.41, 5.74) is 4.05. The van der Waals surface area contributed by atoms with E-state index in [9.17, 15) is 9.90 Å².